The first-order valence-corrected chi connectivity index (χ1v) is 10.6. The lowest BCUT2D eigenvalue weighted by atomic mass is 9.85. The van der Waals surface area contributed by atoms with Crippen molar-refractivity contribution in [3.05, 3.63) is 65.3 Å². The maximum atomic E-state index is 13.3. The van der Waals surface area contributed by atoms with Gasteiger partial charge in [-0.15, -0.1) is 0 Å². The number of pyridine rings is 1. The standard InChI is InChI=1S/C23H20ClN3O4/c24-15-7-5-12(6-8-15)16(11-18(29)26-21-17(28)2-1-9-25-21)27-22(30)19-13-3-4-14(10-13)20(19)23(27)31/h1-9,13-14,16,19-20,28H,10-11H2,(H,25,26,29). The van der Waals surface area contributed by atoms with E-state index >= 15 is 0 Å². The van der Waals surface area contributed by atoms with Gasteiger partial charge in [-0.05, 0) is 48.1 Å². The molecule has 2 heterocycles. The number of hydrogen-bond donors (Lipinski definition) is 2. The van der Waals surface area contributed by atoms with Gasteiger partial charge in [-0.25, -0.2) is 4.98 Å². The van der Waals surface area contributed by atoms with Crippen LogP contribution in [0.25, 0.3) is 0 Å². The average molecular weight is 438 g/mol. The molecule has 2 N–H and O–H groups in total. The van der Waals surface area contributed by atoms with E-state index in [1.807, 2.05) is 12.2 Å². The normalized spacial score (nSPS) is 26.9. The van der Waals surface area contributed by atoms with Crippen LogP contribution in [-0.2, 0) is 14.4 Å². The molecule has 158 valence electrons. The van der Waals surface area contributed by atoms with E-state index < -0.39 is 11.9 Å². The number of fused-ring (bicyclic) bond motifs is 5. The number of nitrogens with zero attached hydrogens (tertiary/aromatic N) is 2. The highest BCUT2D eigenvalue weighted by Gasteiger charge is 2.60. The van der Waals surface area contributed by atoms with Crippen LogP contribution in [0.1, 0.15) is 24.4 Å². The Kier molecular flexibility index (Phi) is 4.78. The van der Waals surface area contributed by atoms with E-state index in [4.69, 9.17) is 11.6 Å². The summed E-state index contributed by atoms with van der Waals surface area (Å²) in [5.74, 6) is -1.57. The molecule has 5 unspecified atom stereocenters. The van der Waals surface area contributed by atoms with Crippen molar-refractivity contribution in [1.82, 2.24) is 9.88 Å². The molecule has 8 heteroatoms. The molecule has 3 aliphatic rings. The van der Waals surface area contributed by atoms with E-state index in [1.165, 1.54) is 17.2 Å². The minimum absolute atomic E-state index is 0.0283. The van der Waals surface area contributed by atoms with Crippen LogP contribution < -0.4 is 5.32 Å². The lowest BCUT2D eigenvalue weighted by Crippen LogP contribution is -2.38. The molecule has 1 saturated heterocycles. The molecular formula is C23H20ClN3O4. The topological polar surface area (TPSA) is 99.6 Å². The highest BCUT2D eigenvalue weighted by Crippen LogP contribution is 2.54. The van der Waals surface area contributed by atoms with E-state index in [0.29, 0.717) is 10.6 Å². The smallest absolute Gasteiger partial charge is 0.234 e. The lowest BCUT2D eigenvalue weighted by Gasteiger charge is -2.28. The second kappa shape index (κ2) is 7.50. The van der Waals surface area contributed by atoms with E-state index in [9.17, 15) is 19.5 Å². The van der Waals surface area contributed by atoms with Gasteiger partial charge in [-0.3, -0.25) is 19.3 Å². The highest BCUT2D eigenvalue weighted by atomic mass is 35.5. The van der Waals surface area contributed by atoms with Crippen LogP contribution in [0.15, 0.2) is 54.7 Å². The van der Waals surface area contributed by atoms with Crippen LogP contribution >= 0.6 is 11.6 Å². The fraction of sp³-hybridized carbons (Fsp3) is 0.304. The number of aromatic hydroxyl groups is 1. The number of nitrogens with one attached hydrogen (secondary N) is 1. The SMILES string of the molecule is O=C(CC(c1ccc(Cl)cc1)N1C(=O)C2C3C=CC(C3)C2C1=O)Nc1ncccc1O. The highest BCUT2D eigenvalue weighted by molar-refractivity contribution is 6.30. The second-order valence-corrected chi connectivity index (χ2v) is 8.67. The summed E-state index contributed by atoms with van der Waals surface area (Å²) in [7, 11) is 0. The molecule has 1 aliphatic heterocycles. The van der Waals surface area contributed by atoms with Crippen LogP contribution in [0.3, 0.4) is 0 Å². The molecule has 1 aromatic heterocycles. The number of rotatable bonds is 5. The number of anilines is 1. The molecule has 5 rings (SSSR count). The van der Waals surface area contributed by atoms with Crippen molar-refractivity contribution >= 4 is 35.1 Å². The van der Waals surface area contributed by atoms with Crippen molar-refractivity contribution in [2.24, 2.45) is 23.7 Å². The van der Waals surface area contributed by atoms with Gasteiger partial charge in [-0.2, -0.15) is 0 Å². The Labute approximate surface area is 183 Å². The number of carbonyl (C=O) groups excluding carboxylic acids is 3. The van der Waals surface area contributed by atoms with Gasteiger partial charge in [-0.1, -0.05) is 35.9 Å². The van der Waals surface area contributed by atoms with E-state index in [2.05, 4.69) is 10.3 Å². The largest absolute Gasteiger partial charge is 0.504 e. The van der Waals surface area contributed by atoms with Gasteiger partial charge in [0.25, 0.3) is 0 Å². The second-order valence-electron chi connectivity index (χ2n) is 8.24. The quantitative estimate of drug-likeness (QED) is 0.552. The van der Waals surface area contributed by atoms with Crippen LogP contribution in [-0.4, -0.2) is 32.7 Å². The first-order chi connectivity index (χ1) is 14.9. The fourth-order valence-corrected chi connectivity index (χ4v) is 5.25. The number of allylic oxidation sites excluding steroid dienone is 2. The maximum absolute atomic E-state index is 13.3. The summed E-state index contributed by atoms with van der Waals surface area (Å²) in [6.07, 6.45) is 6.20. The predicted octanol–water partition coefficient (Wildman–Crippen LogP) is 3.32. The number of carbonyl (C=O) groups is 3. The Morgan fingerprint density at radius 1 is 1.13 bits per heavy atom. The van der Waals surface area contributed by atoms with Crippen molar-refractivity contribution in [3.8, 4) is 5.75 Å². The molecule has 2 fully saturated rings. The molecule has 0 radical (unpaired) electrons. The van der Waals surface area contributed by atoms with Crippen LogP contribution in [0.4, 0.5) is 5.82 Å². The van der Waals surface area contributed by atoms with Crippen LogP contribution in [0, 0.1) is 23.7 Å². The summed E-state index contributed by atoms with van der Waals surface area (Å²) in [6, 6.07) is 8.97. The number of benzene rings is 1. The third-order valence-electron chi connectivity index (χ3n) is 6.49. The zero-order chi connectivity index (χ0) is 21.7. The van der Waals surface area contributed by atoms with Gasteiger partial charge in [0.05, 0.1) is 24.3 Å². The zero-order valence-corrected chi connectivity index (χ0v) is 17.2. The van der Waals surface area contributed by atoms with Gasteiger partial charge in [0, 0.05) is 11.2 Å². The first kappa shape index (κ1) is 19.8. The number of halogens is 1. The molecule has 2 aliphatic carbocycles. The van der Waals surface area contributed by atoms with Crippen molar-refractivity contribution < 1.29 is 19.5 Å². The molecule has 2 bridgehead atoms. The molecule has 0 spiro atoms. The van der Waals surface area contributed by atoms with Crippen LogP contribution in [0.5, 0.6) is 5.75 Å². The zero-order valence-electron chi connectivity index (χ0n) is 16.4. The Hall–Kier alpha value is -3.19. The minimum atomic E-state index is -0.770. The molecule has 5 atom stereocenters. The number of imide groups is 1. The van der Waals surface area contributed by atoms with Gasteiger partial charge >= 0.3 is 0 Å². The summed E-state index contributed by atoms with van der Waals surface area (Å²) >= 11 is 6.02. The van der Waals surface area contributed by atoms with E-state index in [0.717, 1.165) is 6.42 Å². The third-order valence-corrected chi connectivity index (χ3v) is 6.75. The monoisotopic (exact) mass is 437 g/mol. The molecule has 3 amide bonds. The summed E-state index contributed by atoms with van der Waals surface area (Å²) < 4.78 is 0. The number of aromatic nitrogens is 1. The summed E-state index contributed by atoms with van der Waals surface area (Å²) in [5.41, 5.74) is 0.645. The van der Waals surface area contributed by atoms with Crippen LogP contribution in [0.2, 0.25) is 5.02 Å². The van der Waals surface area contributed by atoms with Gasteiger partial charge in [0.2, 0.25) is 17.7 Å². The van der Waals surface area contributed by atoms with E-state index in [-0.39, 0.29) is 53.5 Å². The molecule has 2 aromatic rings. The summed E-state index contributed by atoms with van der Waals surface area (Å²) in [5, 5.41) is 13.0. The van der Waals surface area contributed by atoms with Crippen molar-refractivity contribution in [3.63, 3.8) is 0 Å². The van der Waals surface area contributed by atoms with Gasteiger partial charge in [0.1, 0.15) is 0 Å². The summed E-state index contributed by atoms with van der Waals surface area (Å²) in [4.78, 5) is 44.7. The van der Waals surface area contributed by atoms with Crippen molar-refractivity contribution in [2.75, 3.05) is 5.32 Å². The van der Waals surface area contributed by atoms with Crippen molar-refractivity contribution in [1.29, 1.82) is 0 Å². The Morgan fingerprint density at radius 3 is 2.39 bits per heavy atom. The fourth-order valence-electron chi connectivity index (χ4n) is 5.13. The molecule has 1 aromatic carbocycles. The number of hydrogen-bond acceptors (Lipinski definition) is 5. The summed E-state index contributed by atoms with van der Waals surface area (Å²) in [6.45, 7) is 0. The Bertz CT molecular complexity index is 1070. The van der Waals surface area contributed by atoms with Gasteiger partial charge in [0.15, 0.2) is 11.6 Å². The Balaban J connectivity index is 1.45. The molecule has 31 heavy (non-hydrogen) atoms. The molecule has 1 saturated carbocycles. The Morgan fingerprint density at radius 2 is 1.77 bits per heavy atom. The average Bonchev–Trinajstić information content (AvgIpc) is 3.43. The van der Waals surface area contributed by atoms with Gasteiger partial charge < -0.3 is 10.4 Å². The lowest BCUT2D eigenvalue weighted by molar-refractivity contribution is -0.144. The molecule has 7 nitrogen and oxygen atoms in total. The maximum Gasteiger partial charge on any atom is 0.234 e. The first-order valence-electron chi connectivity index (χ1n) is 10.2. The predicted molar refractivity (Wildman–Crippen MR) is 113 cm³/mol. The molecular weight excluding hydrogens is 418 g/mol. The minimum Gasteiger partial charge on any atom is -0.504 e. The number of amides is 3. The van der Waals surface area contributed by atoms with E-state index in [1.54, 1.807) is 30.3 Å². The third kappa shape index (κ3) is 3.29. The van der Waals surface area contributed by atoms with Crippen molar-refractivity contribution in [2.45, 2.75) is 18.9 Å². The number of likely N-dealkylation sites (tertiary alicyclic amines) is 1.